The highest BCUT2D eigenvalue weighted by molar-refractivity contribution is 6.33. The second kappa shape index (κ2) is 3.43. The van der Waals surface area contributed by atoms with E-state index >= 15 is 0 Å². The van der Waals surface area contributed by atoms with E-state index in [0.29, 0.717) is 17.1 Å². The van der Waals surface area contributed by atoms with Crippen LogP contribution in [-0.2, 0) is 0 Å². The normalized spacial score (nSPS) is 10.4. The minimum atomic E-state index is 0.248. The zero-order valence-corrected chi connectivity index (χ0v) is 8.34. The number of nitrogen functional groups attached to an aromatic ring is 1. The Morgan fingerprint density at radius 1 is 1.21 bits per heavy atom. The molecule has 2 aromatic heterocycles. The smallest absolute Gasteiger partial charge is 0.161 e. The highest BCUT2D eigenvalue weighted by Crippen LogP contribution is 2.26. The molecule has 0 unspecified atom stereocenters. The molecule has 0 atom stereocenters. The molecule has 0 aromatic carbocycles. The quantitative estimate of drug-likeness (QED) is 0.781. The van der Waals surface area contributed by atoms with Crippen LogP contribution >= 0.6 is 23.2 Å². The van der Waals surface area contributed by atoms with Gasteiger partial charge in [-0.15, -0.1) is 10.2 Å². The molecule has 3 N–H and O–H groups in total. The van der Waals surface area contributed by atoms with Crippen molar-refractivity contribution in [2.75, 3.05) is 5.73 Å². The SMILES string of the molecule is Nc1cc(-c2cc(Cl)nnc2Cl)[nH]n1. The molecule has 2 heterocycles. The summed E-state index contributed by atoms with van der Waals surface area (Å²) in [5.74, 6) is 0.379. The van der Waals surface area contributed by atoms with Crippen molar-refractivity contribution in [1.29, 1.82) is 0 Å². The average molecular weight is 230 g/mol. The van der Waals surface area contributed by atoms with Crippen LogP contribution < -0.4 is 5.73 Å². The molecule has 5 nitrogen and oxygen atoms in total. The Bertz CT molecular complexity index is 467. The van der Waals surface area contributed by atoms with Gasteiger partial charge in [0.05, 0.1) is 5.69 Å². The number of aromatic amines is 1. The lowest BCUT2D eigenvalue weighted by atomic mass is 10.2. The van der Waals surface area contributed by atoms with Crippen molar-refractivity contribution in [3.63, 3.8) is 0 Å². The number of halogens is 2. The van der Waals surface area contributed by atoms with E-state index in [1.165, 1.54) is 0 Å². The zero-order valence-electron chi connectivity index (χ0n) is 6.83. The van der Waals surface area contributed by atoms with Crippen LogP contribution in [0, 0.1) is 0 Å². The van der Waals surface area contributed by atoms with Gasteiger partial charge in [0.15, 0.2) is 10.3 Å². The summed E-state index contributed by atoms with van der Waals surface area (Å²) in [6.07, 6.45) is 0. The first-order chi connectivity index (χ1) is 6.66. The van der Waals surface area contributed by atoms with Gasteiger partial charge in [-0.25, -0.2) is 0 Å². The Morgan fingerprint density at radius 3 is 2.64 bits per heavy atom. The fraction of sp³-hybridized carbons (Fsp3) is 0. The van der Waals surface area contributed by atoms with Gasteiger partial charge in [0.1, 0.15) is 5.82 Å². The molecule has 2 rings (SSSR count). The third-order valence-corrected chi connectivity index (χ3v) is 2.07. The Morgan fingerprint density at radius 2 is 2.00 bits per heavy atom. The van der Waals surface area contributed by atoms with Crippen LogP contribution in [0.3, 0.4) is 0 Å². The van der Waals surface area contributed by atoms with Crippen molar-refractivity contribution < 1.29 is 0 Å². The number of nitrogens with two attached hydrogens (primary N) is 1. The first-order valence-electron chi connectivity index (χ1n) is 3.67. The van der Waals surface area contributed by atoms with E-state index in [1.807, 2.05) is 0 Å². The van der Waals surface area contributed by atoms with Gasteiger partial charge in [0, 0.05) is 11.6 Å². The lowest BCUT2D eigenvalue weighted by Gasteiger charge is -1.98. The highest BCUT2D eigenvalue weighted by atomic mass is 35.5. The summed E-state index contributed by atoms with van der Waals surface area (Å²) in [5, 5.41) is 14.2. The minimum absolute atomic E-state index is 0.248. The molecule has 72 valence electrons. The Labute approximate surface area is 89.2 Å². The van der Waals surface area contributed by atoms with Gasteiger partial charge in [-0.3, -0.25) is 5.10 Å². The number of nitrogens with one attached hydrogen (secondary N) is 1. The molecule has 0 saturated heterocycles. The van der Waals surface area contributed by atoms with E-state index in [9.17, 15) is 0 Å². The molecule has 0 aliphatic heterocycles. The van der Waals surface area contributed by atoms with Crippen molar-refractivity contribution in [2.45, 2.75) is 0 Å². The van der Waals surface area contributed by atoms with Gasteiger partial charge in [-0.05, 0) is 6.07 Å². The van der Waals surface area contributed by atoms with Gasteiger partial charge < -0.3 is 5.73 Å². The molecule has 0 fully saturated rings. The van der Waals surface area contributed by atoms with Crippen molar-refractivity contribution in [3.8, 4) is 11.3 Å². The molecular weight excluding hydrogens is 225 g/mol. The van der Waals surface area contributed by atoms with E-state index in [4.69, 9.17) is 28.9 Å². The van der Waals surface area contributed by atoms with Crippen LogP contribution in [0.2, 0.25) is 10.3 Å². The van der Waals surface area contributed by atoms with Crippen LogP contribution in [-0.4, -0.2) is 20.4 Å². The maximum atomic E-state index is 5.82. The summed E-state index contributed by atoms with van der Waals surface area (Å²) in [4.78, 5) is 0. The number of aromatic nitrogens is 4. The van der Waals surface area contributed by atoms with Crippen LogP contribution in [0.4, 0.5) is 5.82 Å². The highest BCUT2D eigenvalue weighted by Gasteiger charge is 2.08. The molecular formula is C7H5Cl2N5. The summed E-state index contributed by atoms with van der Waals surface area (Å²) in [6.45, 7) is 0. The largest absolute Gasteiger partial charge is 0.382 e. The number of rotatable bonds is 1. The number of H-pyrrole nitrogens is 1. The monoisotopic (exact) mass is 229 g/mol. The summed E-state index contributed by atoms with van der Waals surface area (Å²) >= 11 is 11.5. The van der Waals surface area contributed by atoms with Gasteiger partial charge in [0.2, 0.25) is 0 Å². The number of anilines is 1. The predicted octanol–water partition coefficient (Wildman–Crippen LogP) is 1.76. The van der Waals surface area contributed by atoms with E-state index in [-0.39, 0.29) is 10.3 Å². The molecule has 0 spiro atoms. The minimum Gasteiger partial charge on any atom is -0.382 e. The van der Waals surface area contributed by atoms with E-state index < -0.39 is 0 Å². The summed E-state index contributed by atoms with van der Waals surface area (Å²) in [7, 11) is 0. The standard InChI is InChI=1S/C7H5Cl2N5/c8-5-1-3(7(9)14-12-5)4-2-6(10)13-11-4/h1-2H,(H3,10,11,13). The fourth-order valence-electron chi connectivity index (χ4n) is 1.02. The molecule has 0 saturated carbocycles. The van der Waals surface area contributed by atoms with Gasteiger partial charge in [-0.2, -0.15) is 5.10 Å². The second-order valence-electron chi connectivity index (χ2n) is 2.58. The third kappa shape index (κ3) is 1.64. The topological polar surface area (TPSA) is 80.5 Å². The lowest BCUT2D eigenvalue weighted by molar-refractivity contribution is 1.03. The number of hydrogen-bond acceptors (Lipinski definition) is 4. The van der Waals surface area contributed by atoms with Crippen LogP contribution in [0.1, 0.15) is 0 Å². The van der Waals surface area contributed by atoms with E-state index in [1.54, 1.807) is 12.1 Å². The van der Waals surface area contributed by atoms with Crippen molar-refractivity contribution in [2.24, 2.45) is 0 Å². The maximum Gasteiger partial charge on any atom is 0.161 e. The second-order valence-corrected chi connectivity index (χ2v) is 3.32. The van der Waals surface area contributed by atoms with Gasteiger partial charge in [0.25, 0.3) is 0 Å². The van der Waals surface area contributed by atoms with Gasteiger partial charge in [-0.1, -0.05) is 23.2 Å². The van der Waals surface area contributed by atoms with Crippen LogP contribution in [0.25, 0.3) is 11.3 Å². The predicted molar refractivity (Wildman–Crippen MR) is 54.0 cm³/mol. The Kier molecular flexibility index (Phi) is 2.26. The fourth-order valence-corrected chi connectivity index (χ4v) is 1.36. The van der Waals surface area contributed by atoms with Crippen molar-refractivity contribution >= 4 is 29.0 Å². The van der Waals surface area contributed by atoms with Crippen LogP contribution in [0.15, 0.2) is 12.1 Å². The Hall–Kier alpha value is -1.33. The molecule has 0 aliphatic rings. The van der Waals surface area contributed by atoms with Crippen molar-refractivity contribution in [3.05, 3.63) is 22.4 Å². The van der Waals surface area contributed by atoms with E-state index in [2.05, 4.69) is 20.4 Å². The maximum absolute atomic E-state index is 5.82. The molecule has 0 amide bonds. The first kappa shape index (κ1) is 9.23. The third-order valence-electron chi connectivity index (χ3n) is 1.61. The first-order valence-corrected chi connectivity index (χ1v) is 4.42. The number of nitrogens with zero attached hydrogens (tertiary/aromatic N) is 3. The van der Waals surface area contributed by atoms with Gasteiger partial charge >= 0.3 is 0 Å². The molecule has 14 heavy (non-hydrogen) atoms. The average Bonchev–Trinajstić information content (AvgIpc) is 2.56. The van der Waals surface area contributed by atoms with E-state index in [0.717, 1.165) is 0 Å². The molecule has 0 aliphatic carbocycles. The zero-order chi connectivity index (χ0) is 10.1. The summed E-state index contributed by atoms with van der Waals surface area (Å²) in [6, 6.07) is 3.23. The molecule has 0 radical (unpaired) electrons. The summed E-state index contributed by atoms with van der Waals surface area (Å²) in [5.41, 5.74) is 6.73. The molecule has 2 aromatic rings. The van der Waals surface area contributed by atoms with Crippen LogP contribution in [0.5, 0.6) is 0 Å². The molecule has 7 heteroatoms. The Balaban J connectivity index is 2.55. The lowest BCUT2D eigenvalue weighted by Crippen LogP contribution is -1.88. The number of hydrogen-bond donors (Lipinski definition) is 2. The summed E-state index contributed by atoms with van der Waals surface area (Å²) < 4.78 is 0. The van der Waals surface area contributed by atoms with Crippen molar-refractivity contribution in [1.82, 2.24) is 20.4 Å². The molecule has 0 bridgehead atoms.